The van der Waals surface area contributed by atoms with Crippen molar-refractivity contribution in [3.63, 3.8) is 0 Å². The summed E-state index contributed by atoms with van der Waals surface area (Å²) in [5, 5.41) is 29.3. The Bertz CT molecular complexity index is 1010. The number of nitrogens with two attached hydrogens (primary N) is 1. The average Bonchev–Trinajstić information content (AvgIpc) is 2.73. The van der Waals surface area contributed by atoms with E-state index in [1.54, 1.807) is 36.4 Å². The van der Waals surface area contributed by atoms with E-state index in [4.69, 9.17) is 21.0 Å². The van der Waals surface area contributed by atoms with E-state index in [-0.39, 0.29) is 25.4 Å². The van der Waals surface area contributed by atoms with E-state index in [1.807, 2.05) is 0 Å². The number of hydrogen-bond acceptors (Lipinski definition) is 6. The number of carbonyl (C=O) groups excluding carboxylic acids is 2. The van der Waals surface area contributed by atoms with E-state index < -0.39 is 30.0 Å². The number of aliphatic hydroxyl groups is 1. The molecule has 10 heteroatoms. The second-order valence-corrected chi connectivity index (χ2v) is 6.95. The minimum Gasteiger partial charge on any atom is -0.481 e. The number of nitrogens with zero attached hydrogens (tertiary/aromatic N) is 1. The van der Waals surface area contributed by atoms with Crippen molar-refractivity contribution in [2.24, 2.45) is 5.73 Å². The zero-order valence-electron chi connectivity index (χ0n) is 16.4. The van der Waals surface area contributed by atoms with Gasteiger partial charge in [-0.1, -0.05) is 12.1 Å². The number of aliphatic carboxylic acids is 1. The molecule has 1 fully saturated rings. The van der Waals surface area contributed by atoms with Crippen molar-refractivity contribution >= 4 is 35.0 Å². The fraction of sp³-hybridized carbons (Fsp3) is 0.238. The Balaban J connectivity index is 1.70. The van der Waals surface area contributed by atoms with Gasteiger partial charge in [0.1, 0.15) is 5.84 Å². The Morgan fingerprint density at radius 2 is 1.97 bits per heavy atom. The lowest BCUT2D eigenvalue weighted by Crippen LogP contribution is -2.55. The van der Waals surface area contributed by atoms with E-state index >= 15 is 0 Å². The molecule has 0 radical (unpaired) electrons. The topological polar surface area (TPSA) is 166 Å². The molecule has 6 N–H and O–H groups in total. The van der Waals surface area contributed by atoms with Gasteiger partial charge in [0, 0.05) is 23.5 Å². The maximum atomic E-state index is 12.9. The third kappa shape index (κ3) is 5.24. The minimum absolute atomic E-state index is 0.0945. The molecule has 2 aromatic rings. The highest BCUT2D eigenvalue weighted by Gasteiger charge is 2.39. The van der Waals surface area contributed by atoms with Crippen LogP contribution in [-0.2, 0) is 25.5 Å². The van der Waals surface area contributed by atoms with Crippen LogP contribution in [0.2, 0.25) is 0 Å². The van der Waals surface area contributed by atoms with Crippen LogP contribution in [0.4, 0.5) is 11.4 Å². The molecule has 2 unspecified atom stereocenters. The largest absolute Gasteiger partial charge is 0.481 e. The van der Waals surface area contributed by atoms with Crippen LogP contribution in [-0.4, -0.2) is 59.2 Å². The van der Waals surface area contributed by atoms with Crippen LogP contribution in [0.5, 0.6) is 0 Å². The van der Waals surface area contributed by atoms with Gasteiger partial charge in [0.25, 0.3) is 11.8 Å². The third-order valence-corrected chi connectivity index (χ3v) is 4.72. The average molecular weight is 426 g/mol. The summed E-state index contributed by atoms with van der Waals surface area (Å²) in [5.74, 6) is -2.54. The normalized spacial score (nSPS) is 17.1. The second-order valence-electron chi connectivity index (χ2n) is 6.95. The van der Waals surface area contributed by atoms with Gasteiger partial charge in [-0.2, -0.15) is 0 Å². The highest BCUT2D eigenvalue weighted by atomic mass is 16.5. The summed E-state index contributed by atoms with van der Waals surface area (Å²) in [5.41, 5.74) is 7.21. The number of anilines is 2. The van der Waals surface area contributed by atoms with Crippen molar-refractivity contribution in [1.29, 1.82) is 5.41 Å². The molecular weight excluding hydrogens is 404 g/mol. The van der Waals surface area contributed by atoms with Crippen LogP contribution in [0.3, 0.4) is 0 Å². The number of aliphatic hydroxyl groups excluding tert-OH is 1. The third-order valence-electron chi connectivity index (χ3n) is 4.72. The standard InChI is InChI=1S/C21H22N4O6/c22-19(23)13-4-6-14(7-5-13)24-20(29)17(28)18-21(30)25(8-9-31-18)15-3-1-2-12(10-15)11-16(26)27/h1-7,10,17-18,28H,8-9,11H2,(H3,22,23)(H,24,29)(H,26,27). The van der Waals surface area contributed by atoms with Gasteiger partial charge in [-0.15, -0.1) is 0 Å². The Hall–Kier alpha value is -3.76. The molecule has 1 saturated heterocycles. The zero-order valence-corrected chi connectivity index (χ0v) is 16.4. The van der Waals surface area contributed by atoms with Crippen LogP contribution in [0.15, 0.2) is 48.5 Å². The van der Waals surface area contributed by atoms with Crippen LogP contribution < -0.4 is 16.0 Å². The summed E-state index contributed by atoms with van der Waals surface area (Å²) in [6, 6.07) is 12.6. The van der Waals surface area contributed by atoms with Gasteiger partial charge in [-0.05, 0) is 42.0 Å². The molecular formula is C21H22N4O6. The molecule has 0 saturated carbocycles. The molecule has 1 aliphatic rings. The first-order valence-corrected chi connectivity index (χ1v) is 9.43. The lowest BCUT2D eigenvalue weighted by atomic mass is 10.1. The van der Waals surface area contributed by atoms with Crippen molar-refractivity contribution in [3.8, 4) is 0 Å². The first-order chi connectivity index (χ1) is 14.8. The van der Waals surface area contributed by atoms with Gasteiger partial charge in [-0.25, -0.2) is 0 Å². The molecule has 2 amide bonds. The summed E-state index contributed by atoms with van der Waals surface area (Å²) < 4.78 is 5.37. The number of benzene rings is 2. The number of morpholine rings is 1. The quantitative estimate of drug-likeness (QED) is 0.314. The number of carboxylic acids is 1. The molecule has 3 rings (SSSR count). The maximum Gasteiger partial charge on any atom is 0.307 e. The smallest absolute Gasteiger partial charge is 0.307 e. The fourth-order valence-corrected chi connectivity index (χ4v) is 3.18. The number of carboxylic acid groups (broad SMARTS) is 1. The summed E-state index contributed by atoms with van der Waals surface area (Å²) in [6.45, 7) is 0.296. The number of carbonyl (C=O) groups is 3. The molecule has 1 heterocycles. The van der Waals surface area contributed by atoms with Crippen LogP contribution in [0, 0.1) is 5.41 Å². The number of rotatable bonds is 7. The Kier molecular flexibility index (Phi) is 6.63. The number of nitrogen functional groups attached to an aromatic ring is 1. The lowest BCUT2D eigenvalue weighted by Gasteiger charge is -2.34. The molecule has 2 atom stereocenters. The molecule has 2 aromatic carbocycles. The SMILES string of the molecule is N=C(N)c1ccc(NC(=O)C(O)C2OCCN(c3cccc(CC(=O)O)c3)C2=O)cc1. The number of hydrogen-bond donors (Lipinski definition) is 5. The van der Waals surface area contributed by atoms with Crippen LogP contribution >= 0.6 is 0 Å². The summed E-state index contributed by atoms with van der Waals surface area (Å²) in [6.07, 6.45) is -3.36. The van der Waals surface area contributed by atoms with Gasteiger partial charge in [0.15, 0.2) is 12.2 Å². The predicted molar refractivity (Wildman–Crippen MR) is 112 cm³/mol. The molecule has 162 valence electrons. The monoisotopic (exact) mass is 426 g/mol. The molecule has 0 bridgehead atoms. The van der Waals surface area contributed by atoms with Gasteiger partial charge in [0.2, 0.25) is 0 Å². The molecule has 0 spiro atoms. The molecule has 0 aliphatic carbocycles. The van der Waals surface area contributed by atoms with Crippen molar-refractivity contribution in [1.82, 2.24) is 0 Å². The molecule has 1 aliphatic heterocycles. The van der Waals surface area contributed by atoms with Crippen molar-refractivity contribution in [2.75, 3.05) is 23.4 Å². The number of amidine groups is 1. The molecule has 0 aromatic heterocycles. The van der Waals surface area contributed by atoms with E-state index in [9.17, 15) is 19.5 Å². The van der Waals surface area contributed by atoms with Crippen LogP contribution in [0.25, 0.3) is 0 Å². The summed E-state index contributed by atoms with van der Waals surface area (Å²) in [4.78, 5) is 37.6. The number of amides is 2. The van der Waals surface area contributed by atoms with Crippen molar-refractivity contribution < 1.29 is 29.3 Å². The Labute approximate surface area is 177 Å². The fourth-order valence-electron chi connectivity index (χ4n) is 3.18. The lowest BCUT2D eigenvalue weighted by molar-refractivity contribution is -0.150. The van der Waals surface area contributed by atoms with Gasteiger partial charge >= 0.3 is 5.97 Å². The highest BCUT2D eigenvalue weighted by Crippen LogP contribution is 2.22. The van der Waals surface area contributed by atoms with Crippen LogP contribution in [0.1, 0.15) is 11.1 Å². The van der Waals surface area contributed by atoms with Gasteiger partial charge in [-0.3, -0.25) is 19.8 Å². The van der Waals surface area contributed by atoms with Gasteiger partial charge < -0.3 is 30.9 Å². The highest BCUT2D eigenvalue weighted by molar-refractivity contribution is 6.04. The number of ether oxygens (including phenoxy) is 1. The Morgan fingerprint density at radius 1 is 1.26 bits per heavy atom. The zero-order chi connectivity index (χ0) is 22.5. The predicted octanol–water partition coefficient (Wildman–Crippen LogP) is 0.329. The van der Waals surface area contributed by atoms with Crippen molar-refractivity contribution in [2.45, 2.75) is 18.6 Å². The first kappa shape index (κ1) is 21.9. The van der Waals surface area contributed by atoms with E-state index in [1.165, 1.54) is 17.0 Å². The minimum atomic E-state index is -1.76. The van der Waals surface area contributed by atoms with Crippen molar-refractivity contribution in [3.05, 3.63) is 59.7 Å². The molecule has 31 heavy (non-hydrogen) atoms. The second kappa shape index (κ2) is 9.37. The first-order valence-electron chi connectivity index (χ1n) is 9.43. The van der Waals surface area contributed by atoms with E-state index in [2.05, 4.69) is 5.32 Å². The van der Waals surface area contributed by atoms with Gasteiger partial charge in [0.05, 0.1) is 13.0 Å². The maximum absolute atomic E-state index is 12.9. The molecule has 10 nitrogen and oxygen atoms in total. The van der Waals surface area contributed by atoms with E-state index in [0.29, 0.717) is 22.5 Å². The summed E-state index contributed by atoms with van der Waals surface area (Å²) in [7, 11) is 0. The van der Waals surface area contributed by atoms with E-state index in [0.717, 1.165) is 0 Å². The summed E-state index contributed by atoms with van der Waals surface area (Å²) >= 11 is 0. The Morgan fingerprint density at radius 3 is 2.61 bits per heavy atom. The number of nitrogens with one attached hydrogen (secondary N) is 2.